The van der Waals surface area contributed by atoms with Crippen molar-refractivity contribution in [2.24, 2.45) is 5.41 Å². The molecular weight excluding hydrogens is 132 g/mol. The summed E-state index contributed by atoms with van der Waals surface area (Å²) in [5, 5.41) is 0. The van der Waals surface area contributed by atoms with Gasteiger partial charge in [0.1, 0.15) is 0 Å². The highest BCUT2D eigenvalue weighted by molar-refractivity contribution is 5.29. The molecule has 0 heterocycles. The Morgan fingerprint density at radius 2 is 2.09 bits per heavy atom. The topological polar surface area (TPSA) is 0 Å². The second-order valence-electron chi connectivity index (χ2n) is 3.47. The molecule has 0 N–H and O–H groups in total. The SMILES string of the molecule is CCC1(C)C=CC=CC(C)=C1. The third-order valence-electron chi connectivity index (χ3n) is 2.27. The van der Waals surface area contributed by atoms with Gasteiger partial charge in [0.2, 0.25) is 0 Å². The van der Waals surface area contributed by atoms with Gasteiger partial charge in [0.15, 0.2) is 0 Å². The zero-order valence-corrected chi connectivity index (χ0v) is 7.59. The molecular formula is C11H16. The fourth-order valence-corrected chi connectivity index (χ4v) is 1.32. The second kappa shape index (κ2) is 3.08. The number of rotatable bonds is 1. The Bertz CT molecular complexity index is 218. The highest BCUT2D eigenvalue weighted by Crippen LogP contribution is 2.28. The zero-order chi connectivity index (χ0) is 8.32. The van der Waals surface area contributed by atoms with Crippen molar-refractivity contribution in [3.63, 3.8) is 0 Å². The fourth-order valence-electron chi connectivity index (χ4n) is 1.32. The van der Waals surface area contributed by atoms with E-state index in [1.807, 2.05) is 0 Å². The van der Waals surface area contributed by atoms with E-state index < -0.39 is 0 Å². The van der Waals surface area contributed by atoms with Crippen molar-refractivity contribution < 1.29 is 0 Å². The van der Waals surface area contributed by atoms with Crippen molar-refractivity contribution in [2.45, 2.75) is 27.2 Å². The van der Waals surface area contributed by atoms with Crippen LogP contribution in [0.15, 0.2) is 36.0 Å². The van der Waals surface area contributed by atoms with Gasteiger partial charge in [-0.1, -0.05) is 49.8 Å². The maximum Gasteiger partial charge on any atom is 0.00389 e. The van der Waals surface area contributed by atoms with Crippen LogP contribution in [0.2, 0.25) is 0 Å². The van der Waals surface area contributed by atoms with Crippen LogP contribution in [0.5, 0.6) is 0 Å². The van der Waals surface area contributed by atoms with Crippen LogP contribution in [-0.2, 0) is 0 Å². The molecule has 0 aromatic heterocycles. The quantitative estimate of drug-likeness (QED) is 0.534. The molecule has 1 unspecified atom stereocenters. The van der Waals surface area contributed by atoms with E-state index in [0.29, 0.717) is 0 Å². The summed E-state index contributed by atoms with van der Waals surface area (Å²) in [5.41, 5.74) is 1.63. The molecule has 1 aliphatic rings. The van der Waals surface area contributed by atoms with Crippen LogP contribution in [-0.4, -0.2) is 0 Å². The van der Waals surface area contributed by atoms with E-state index in [9.17, 15) is 0 Å². The molecule has 0 spiro atoms. The Kier molecular flexibility index (Phi) is 2.33. The molecule has 0 amide bonds. The molecule has 1 aliphatic carbocycles. The van der Waals surface area contributed by atoms with Crippen molar-refractivity contribution in [1.82, 2.24) is 0 Å². The predicted molar refractivity (Wildman–Crippen MR) is 50.4 cm³/mol. The third-order valence-corrected chi connectivity index (χ3v) is 2.27. The summed E-state index contributed by atoms with van der Waals surface area (Å²) in [6.07, 6.45) is 12.1. The van der Waals surface area contributed by atoms with Crippen molar-refractivity contribution >= 4 is 0 Å². The largest absolute Gasteiger partial charge is 0.0748 e. The molecule has 0 aliphatic heterocycles. The van der Waals surface area contributed by atoms with Gasteiger partial charge in [-0.2, -0.15) is 0 Å². The molecule has 0 heteroatoms. The monoisotopic (exact) mass is 148 g/mol. The van der Waals surface area contributed by atoms with E-state index in [0.717, 1.165) is 0 Å². The van der Waals surface area contributed by atoms with E-state index in [1.54, 1.807) is 0 Å². The molecule has 60 valence electrons. The van der Waals surface area contributed by atoms with Crippen LogP contribution in [0.1, 0.15) is 27.2 Å². The average Bonchev–Trinajstić information content (AvgIpc) is 2.13. The van der Waals surface area contributed by atoms with Crippen molar-refractivity contribution in [3.05, 3.63) is 36.0 Å². The van der Waals surface area contributed by atoms with Gasteiger partial charge >= 0.3 is 0 Å². The molecule has 0 aromatic rings. The minimum Gasteiger partial charge on any atom is -0.0748 e. The molecule has 1 atom stereocenters. The summed E-state index contributed by atoms with van der Waals surface area (Å²) in [4.78, 5) is 0. The van der Waals surface area contributed by atoms with Gasteiger partial charge in [0.05, 0.1) is 0 Å². The van der Waals surface area contributed by atoms with Crippen molar-refractivity contribution in [3.8, 4) is 0 Å². The average molecular weight is 148 g/mol. The van der Waals surface area contributed by atoms with E-state index >= 15 is 0 Å². The normalized spacial score (nSPS) is 29.9. The lowest BCUT2D eigenvalue weighted by molar-refractivity contribution is 0.528. The highest BCUT2D eigenvalue weighted by atomic mass is 14.2. The summed E-state index contributed by atoms with van der Waals surface area (Å²) in [7, 11) is 0. The lowest BCUT2D eigenvalue weighted by Crippen LogP contribution is -2.07. The summed E-state index contributed by atoms with van der Waals surface area (Å²) < 4.78 is 0. The van der Waals surface area contributed by atoms with Crippen LogP contribution in [0, 0.1) is 5.41 Å². The molecule has 0 bridgehead atoms. The maximum atomic E-state index is 2.33. The molecule has 0 saturated carbocycles. The molecule has 0 fully saturated rings. The van der Waals surface area contributed by atoms with Gasteiger partial charge in [0, 0.05) is 5.41 Å². The molecule has 0 radical (unpaired) electrons. The zero-order valence-electron chi connectivity index (χ0n) is 7.59. The van der Waals surface area contributed by atoms with Gasteiger partial charge in [0.25, 0.3) is 0 Å². The van der Waals surface area contributed by atoms with Gasteiger partial charge in [-0.3, -0.25) is 0 Å². The molecule has 1 rings (SSSR count). The van der Waals surface area contributed by atoms with Crippen LogP contribution < -0.4 is 0 Å². The van der Waals surface area contributed by atoms with Crippen LogP contribution in [0.3, 0.4) is 0 Å². The lowest BCUT2D eigenvalue weighted by atomic mass is 9.86. The minimum absolute atomic E-state index is 0.271. The summed E-state index contributed by atoms with van der Waals surface area (Å²) in [6, 6.07) is 0. The predicted octanol–water partition coefficient (Wildman–Crippen LogP) is 3.48. The number of hydrogen-bond donors (Lipinski definition) is 0. The Morgan fingerprint density at radius 3 is 2.73 bits per heavy atom. The first-order valence-electron chi connectivity index (χ1n) is 4.22. The highest BCUT2D eigenvalue weighted by Gasteiger charge is 2.14. The van der Waals surface area contributed by atoms with E-state index in [-0.39, 0.29) is 5.41 Å². The van der Waals surface area contributed by atoms with Crippen LogP contribution in [0.4, 0.5) is 0 Å². The Morgan fingerprint density at radius 1 is 1.36 bits per heavy atom. The molecule has 0 saturated heterocycles. The first-order valence-corrected chi connectivity index (χ1v) is 4.22. The molecule has 11 heavy (non-hydrogen) atoms. The lowest BCUT2D eigenvalue weighted by Gasteiger charge is -2.19. The molecule has 0 aromatic carbocycles. The van der Waals surface area contributed by atoms with E-state index in [1.165, 1.54) is 12.0 Å². The van der Waals surface area contributed by atoms with Crippen LogP contribution >= 0.6 is 0 Å². The Balaban J connectivity index is 2.92. The first kappa shape index (κ1) is 8.32. The van der Waals surface area contributed by atoms with E-state index in [4.69, 9.17) is 0 Å². The van der Waals surface area contributed by atoms with Gasteiger partial charge < -0.3 is 0 Å². The summed E-state index contributed by atoms with van der Waals surface area (Å²) in [6.45, 7) is 6.64. The van der Waals surface area contributed by atoms with E-state index in [2.05, 4.69) is 51.2 Å². The Hall–Kier alpha value is -0.780. The van der Waals surface area contributed by atoms with Crippen molar-refractivity contribution in [2.75, 3.05) is 0 Å². The molecule has 0 nitrogen and oxygen atoms in total. The third kappa shape index (κ3) is 2.07. The summed E-state index contributed by atoms with van der Waals surface area (Å²) in [5.74, 6) is 0. The smallest absolute Gasteiger partial charge is 0.00389 e. The first-order chi connectivity index (χ1) is 5.16. The van der Waals surface area contributed by atoms with Gasteiger partial charge in [-0.05, 0) is 13.3 Å². The van der Waals surface area contributed by atoms with Gasteiger partial charge in [-0.25, -0.2) is 0 Å². The van der Waals surface area contributed by atoms with Crippen LogP contribution in [0.25, 0.3) is 0 Å². The Labute approximate surface area is 69.3 Å². The maximum absolute atomic E-state index is 2.33. The van der Waals surface area contributed by atoms with Crippen molar-refractivity contribution in [1.29, 1.82) is 0 Å². The number of allylic oxidation sites excluding steroid dienone is 6. The minimum atomic E-state index is 0.271. The fraction of sp³-hybridized carbons (Fsp3) is 0.455. The van der Waals surface area contributed by atoms with Gasteiger partial charge in [-0.15, -0.1) is 0 Å². The standard InChI is InChI=1S/C11H16/c1-4-11(3)8-6-5-7-10(2)9-11/h5-9H,4H2,1-3H3. The second-order valence-corrected chi connectivity index (χ2v) is 3.47. The number of hydrogen-bond acceptors (Lipinski definition) is 0. The summed E-state index contributed by atoms with van der Waals surface area (Å²) >= 11 is 0.